The lowest BCUT2D eigenvalue weighted by molar-refractivity contribution is -0.136. The van der Waals surface area contributed by atoms with Crippen LogP contribution < -0.4 is 10.9 Å². The fraction of sp³-hybridized carbons (Fsp3) is 0.172. The molecule has 6 heteroatoms. The highest BCUT2D eigenvalue weighted by Crippen LogP contribution is 2.13. The van der Waals surface area contributed by atoms with E-state index in [9.17, 15) is 9.59 Å². The molecule has 0 bridgehead atoms. The third-order valence-electron chi connectivity index (χ3n) is 5.49. The van der Waals surface area contributed by atoms with Crippen LogP contribution in [0.1, 0.15) is 36.1 Å². The number of hydrogen-bond donors (Lipinski definition) is 0. The number of rotatable bonds is 11. The number of hydrogen-bond acceptors (Lipinski definition) is 4. The Labute approximate surface area is 209 Å². The molecule has 0 amide bonds. The highest BCUT2D eigenvalue weighted by atomic mass is 16.5. The molecule has 1 atom stereocenters. The van der Waals surface area contributed by atoms with E-state index in [2.05, 4.69) is 37.4 Å². The van der Waals surface area contributed by atoms with Crippen molar-refractivity contribution >= 4 is 37.8 Å². The largest absolute Gasteiger partial charge is 0.533 e. The molecule has 2 radical (unpaired) electrons. The van der Waals surface area contributed by atoms with Gasteiger partial charge in [0.2, 0.25) is 0 Å². The lowest BCUT2D eigenvalue weighted by Gasteiger charge is -2.08. The van der Waals surface area contributed by atoms with Crippen molar-refractivity contribution in [1.82, 2.24) is 0 Å². The van der Waals surface area contributed by atoms with E-state index in [0.717, 1.165) is 23.8 Å². The van der Waals surface area contributed by atoms with Crippen LogP contribution in [0, 0.1) is 5.92 Å². The van der Waals surface area contributed by atoms with E-state index < -0.39 is 5.97 Å². The zero-order chi connectivity index (χ0) is 25.2. The minimum atomic E-state index is -0.428. The van der Waals surface area contributed by atoms with Crippen LogP contribution in [-0.4, -0.2) is 26.9 Å². The molecular weight excluding hydrogens is 434 g/mol. The molecule has 4 nitrogen and oxygen atoms in total. The molecule has 0 aromatic heterocycles. The summed E-state index contributed by atoms with van der Waals surface area (Å²) in [5.41, 5.74) is 6.84. The van der Waals surface area contributed by atoms with Gasteiger partial charge in [0.15, 0.2) is 0 Å². The van der Waals surface area contributed by atoms with Gasteiger partial charge >= 0.3 is 20.9 Å². The molecule has 0 aliphatic heterocycles. The zero-order valence-corrected chi connectivity index (χ0v) is 20.2. The first-order valence-electron chi connectivity index (χ1n) is 11.5. The summed E-state index contributed by atoms with van der Waals surface area (Å²) in [5, 5.41) is 0. The Bertz CT molecular complexity index is 1170. The van der Waals surface area contributed by atoms with Gasteiger partial charge in [0.05, 0.1) is 5.92 Å². The Hall–Kier alpha value is -3.79. The van der Waals surface area contributed by atoms with Gasteiger partial charge in [-0.05, 0) is 59.9 Å². The smallest absolute Gasteiger partial charge is 0.413 e. The molecule has 0 heterocycles. The van der Waals surface area contributed by atoms with E-state index in [-0.39, 0.29) is 11.9 Å². The van der Waals surface area contributed by atoms with Gasteiger partial charge in [-0.15, -0.1) is 6.58 Å². The zero-order valence-electron chi connectivity index (χ0n) is 20.2. The molecule has 0 saturated carbocycles. The summed E-state index contributed by atoms with van der Waals surface area (Å²) >= 11 is 0. The summed E-state index contributed by atoms with van der Waals surface area (Å²) in [5.74, 6) is -1.07. The highest BCUT2D eigenvalue weighted by molar-refractivity contribution is 6.49. The molecule has 35 heavy (non-hydrogen) atoms. The molecule has 0 N–H and O–H groups in total. The third-order valence-corrected chi connectivity index (χ3v) is 5.49. The predicted octanol–water partition coefficient (Wildman–Crippen LogP) is 3.84. The normalized spacial score (nSPS) is 11.1. The Balaban J connectivity index is 1.49. The molecule has 1 unspecified atom stereocenters. The Morgan fingerprint density at radius 2 is 1.14 bits per heavy atom. The summed E-state index contributed by atoms with van der Waals surface area (Å²) in [7, 11) is 2.91. The summed E-state index contributed by atoms with van der Waals surface area (Å²) < 4.78 is 10.2. The van der Waals surface area contributed by atoms with E-state index in [1.54, 1.807) is 19.9 Å². The summed E-state index contributed by atoms with van der Waals surface area (Å²) in [4.78, 5) is 23.2. The van der Waals surface area contributed by atoms with Crippen LogP contribution in [0.2, 0.25) is 0 Å². The minimum absolute atomic E-state index is 0.317. The van der Waals surface area contributed by atoms with Crippen molar-refractivity contribution < 1.29 is 18.9 Å². The topological polar surface area (TPSA) is 52.6 Å². The van der Waals surface area contributed by atoms with E-state index in [0.29, 0.717) is 5.57 Å². The van der Waals surface area contributed by atoms with Crippen LogP contribution >= 0.6 is 0 Å². The van der Waals surface area contributed by atoms with Crippen molar-refractivity contribution in [2.24, 2.45) is 5.92 Å². The first kappa shape index (κ1) is 25.8. The average molecular weight is 462 g/mol. The first-order chi connectivity index (χ1) is 16.8. The van der Waals surface area contributed by atoms with Gasteiger partial charge in [-0.25, -0.2) is 4.79 Å². The number of carbonyl (C=O) groups is 2. The van der Waals surface area contributed by atoms with Crippen LogP contribution in [0.5, 0.6) is 0 Å². The summed E-state index contributed by atoms with van der Waals surface area (Å²) in [6, 6.07) is 24.5. The minimum Gasteiger partial charge on any atom is -0.533 e. The maximum atomic E-state index is 11.7. The van der Waals surface area contributed by atoms with Crippen molar-refractivity contribution in [2.75, 3.05) is 0 Å². The van der Waals surface area contributed by atoms with Gasteiger partial charge < -0.3 is 9.31 Å². The van der Waals surface area contributed by atoms with Gasteiger partial charge in [0.1, 0.15) is 0 Å². The van der Waals surface area contributed by atoms with Gasteiger partial charge in [-0.1, -0.05) is 85.5 Å². The van der Waals surface area contributed by atoms with Crippen molar-refractivity contribution in [2.45, 2.75) is 26.7 Å². The van der Waals surface area contributed by atoms with Crippen molar-refractivity contribution in [1.29, 1.82) is 0 Å². The lowest BCUT2D eigenvalue weighted by Crippen LogP contribution is -2.23. The van der Waals surface area contributed by atoms with Crippen molar-refractivity contribution in [3.8, 4) is 0 Å². The SMILES string of the molecule is C=CC(C)C(=O)O[B]c1ccc(Cc2ccc(Cc3ccc([B]OC(=O)C(=C)C)cc3)cc2)cc1. The summed E-state index contributed by atoms with van der Waals surface area (Å²) in [6.45, 7) is 10.5. The number of benzene rings is 3. The molecule has 3 aromatic rings. The van der Waals surface area contributed by atoms with E-state index in [1.165, 1.54) is 37.2 Å². The van der Waals surface area contributed by atoms with Crippen LogP contribution in [0.15, 0.2) is 97.6 Å². The van der Waals surface area contributed by atoms with Crippen LogP contribution in [0.25, 0.3) is 0 Å². The monoisotopic (exact) mass is 462 g/mol. The molecule has 3 aromatic carbocycles. The molecular formula is C29H28B2O4. The molecule has 174 valence electrons. The molecule has 0 spiro atoms. The second-order valence-electron chi connectivity index (χ2n) is 8.54. The molecule has 0 aliphatic carbocycles. The first-order valence-corrected chi connectivity index (χ1v) is 11.5. The van der Waals surface area contributed by atoms with E-state index >= 15 is 0 Å². The maximum absolute atomic E-state index is 11.7. The summed E-state index contributed by atoms with van der Waals surface area (Å²) in [6.07, 6.45) is 3.20. The molecule has 3 rings (SSSR count). The predicted molar refractivity (Wildman–Crippen MR) is 142 cm³/mol. The number of carbonyl (C=O) groups excluding carboxylic acids is 2. The third kappa shape index (κ3) is 8.18. The Kier molecular flexibility index (Phi) is 9.31. The second kappa shape index (κ2) is 12.6. The second-order valence-corrected chi connectivity index (χ2v) is 8.54. The van der Waals surface area contributed by atoms with Crippen molar-refractivity contribution in [3.63, 3.8) is 0 Å². The molecule has 0 saturated heterocycles. The van der Waals surface area contributed by atoms with Crippen LogP contribution in [0.3, 0.4) is 0 Å². The van der Waals surface area contributed by atoms with E-state index in [4.69, 9.17) is 9.31 Å². The molecule has 0 fully saturated rings. The Morgan fingerprint density at radius 3 is 1.51 bits per heavy atom. The fourth-order valence-corrected chi connectivity index (χ4v) is 3.23. The highest BCUT2D eigenvalue weighted by Gasteiger charge is 2.11. The quantitative estimate of drug-likeness (QED) is 0.247. The molecule has 0 aliphatic rings. The van der Waals surface area contributed by atoms with Gasteiger partial charge in [-0.3, -0.25) is 4.79 Å². The maximum Gasteiger partial charge on any atom is 0.413 e. The fourth-order valence-electron chi connectivity index (χ4n) is 3.23. The average Bonchev–Trinajstić information content (AvgIpc) is 2.88. The van der Waals surface area contributed by atoms with Gasteiger partial charge in [0.25, 0.3) is 5.97 Å². The lowest BCUT2D eigenvalue weighted by atomic mass is 9.86. The Morgan fingerprint density at radius 1 is 0.771 bits per heavy atom. The van der Waals surface area contributed by atoms with Crippen LogP contribution in [0.4, 0.5) is 0 Å². The van der Waals surface area contributed by atoms with E-state index in [1.807, 2.05) is 48.5 Å². The van der Waals surface area contributed by atoms with Gasteiger partial charge in [-0.2, -0.15) is 0 Å². The van der Waals surface area contributed by atoms with Gasteiger partial charge in [0, 0.05) is 5.57 Å². The van der Waals surface area contributed by atoms with Crippen molar-refractivity contribution in [3.05, 3.63) is 120 Å². The van der Waals surface area contributed by atoms with Crippen LogP contribution in [-0.2, 0) is 31.7 Å². The standard InChI is InChI=1S/C29H28B2O4/c1-5-21(4)29(33)35-31-27-16-12-25(13-17-27)19-23-8-6-22(7-9-23)18-24-10-14-26(15-11-24)30-34-28(32)20(2)3/h5-17,21H,1-2,18-19H2,3-4H3.